The summed E-state index contributed by atoms with van der Waals surface area (Å²) in [5.74, 6) is 0.301. The standard InChI is InChI=1S/C11H3Br2Cl3N2O3/c12-5-1-4(18(19)20)2-6(13)9(5)21-11-8(15)3-7(14)10(16)17-11/h1-3H. The van der Waals surface area contributed by atoms with Gasteiger partial charge in [-0.25, -0.2) is 0 Å². The van der Waals surface area contributed by atoms with Crippen LogP contribution in [-0.4, -0.2) is 9.91 Å². The van der Waals surface area contributed by atoms with Gasteiger partial charge in [-0.05, 0) is 37.9 Å². The Labute approximate surface area is 150 Å². The molecule has 0 aliphatic heterocycles. The third kappa shape index (κ3) is 3.78. The number of non-ortho nitro benzene ring substituents is 1. The Hall–Kier alpha value is -0.600. The summed E-state index contributed by atoms with van der Waals surface area (Å²) in [6, 6.07) is 3.98. The summed E-state index contributed by atoms with van der Waals surface area (Å²) >= 11 is 23.9. The summed E-state index contributed by atoms with van der Waals surface area (Å²) in [6.07, 6.45) is 0. The zero-order valence-electron chi connectivity index (χ0n) is 9.74. The number of nitro benzene ring substituents is 1. The van der Waals surface area contributed by atoms with Crippen LogP contribution in [0.4, 0.5) is 5.69 Å². The van der Waals surface area contributed by atoms with Gasteiger partial charge in [0.1, 0.15) is 5.02 Å². The zero-order valence-corrected chi connectivity index (χ0v) is 15.2. The molecule has 0 saturated carbocycles. The molecule has 0 aliphatic carbocycles. The van der Waals surface area contributed by atoms with E-state index in [2.05, 4.69) is 36.8 Å². The second-order valence-corrected chi connectivity index (χ2v) is 6.53. The Morgan fingerprint density at radius 2 is 1.67 bits per heavy atom. The summed E-state index contributed by atoms with van der Waals surface area (Å²) < 4.78 is 6.25. The number of benzene rings is 1. The van der Waals surface area contributed by atoms with E-state index in [1.807, 2.05) is 0 Å². The Balaban J connectivity index is 2.45. The van der Waals surface area contributed by atoms with Gasteiger partial charge in [0.15, 0.2) is 10.9 Å². The van der Waals surface area contributed by atoms with Crippen LogP contribution in [0.25, 0.3) is 0 Å². The van der Waals surface area contributed by atoms with Crippen LogP contribution < -0.4 is 4.74 Å². The van der Waals surface area contributed by atoms with Gasteiger partial charge in [-0.3, -0.25) is 10.1 Å². The second kappa shape index (κ2) is 6.66. The number of ether oxygens (including phenoxy) is 1. The van der Waals surface area contributed by atoms with Crippen molar-refractivity contribution in [3.8, 4) is 11.6 Å². The number of aromatic nitrogens is 1. The first kappa shape index (κ1) is 16.8. The van der Waals surface area contributed by atoms with Crippen molar-refractivity contribution in [3.05, 3.63) is 52.5 Å². The molecule has 0 saturated heterocycles. The van der Waals surface area contributed by atoms with Gasteiger partial charge >= 0.3 is 0 Å². The molecular weight excluding hydrogens is 474 g/mol. The van der Waals surface area contributed by atoms with E-state index in [0.717, 1.165) is 0 Å². The molecular formula is C11H3Br2Cl3N2O3. The molecule has 2 aromatic rings. The van der Waals surface area contributed by atoms with Crippen LogP contribution in [0.5, 0.6) is 11.6 Å². The molecule has 0 unspecified atom stereocenters. The summed E-state index contributed by atoms with van der Waals surface area (Å²) in [7, 11) is 0. The third-order valence-electron chi connectivity index (χ3n) is 2.25. The molecule has 0 bridgehead atoms. The fourth-order valence-electron chi connectivity index (χ4n) is 1.35. The van der Waals surface area contributed by atoms with E-state index in [1.165, 1.54) is 18.2 Å². The fraction of sp³-hybridized carbons (Fsp3) is 0. The highest BCUT2D eigenvalue weighted by atomic mass is 79.9. The van der Waals surface area contributed by atoms with Gasteiger partial charge in [0.05, 0.1) is 18.9 Å². The number of rotatable bonds is 3. The Bertz CT molecular complexity index is 720. The van der Waals surface area contributed by atoms with Crippen LogP contribution in [-0.2, 0) is 0 Å². The Kier molecular flexibility index (Phi) is 5.32. The number of halogens is 5. The van der Waals surface area contributed by atoms with Gasteiger partial charge < -0.3 is 4.74 Å². The normalized spacial score (nSPS) is 10.5. The molecule has 0 atom stereocenters. The monoisotopic (exact) mass is 474 g/mol. The first-order chi connectivity index (χ1) is 9.79. The number of hydrogen-bond donors (Lipinski definition) is 0. The van der Waals surface area contributed by atoms with Crippen LogP contribution in [0.15, 0.2) is 27.1 Å². The van der Waals surface area contributed by atoms with Crippen LogP contribution in [0.3, 0.4) is 0 Å². The van der Waals surface area contributed by atoms with E-state index < -0.39 is 4.92 Å². The molecule has 1 aromatic carbocycles. The highest BCUT2D eigenvalue weighted by Gasteiger charge is 2.18. The van der Waals surface area contributed by atoms with Crippen molar-refractivity contribution in [2.45, 2.75) is 0 Å². The van der Waals surface area contributed by atoms with Gasteiger partial charge in [-0.15, -0.1) is 0 Å². The molecule has 110 valence electrons. The maximum atomic E-state index is 10.8. The smallest absolute Gasteiger partial charge is 0.271 e. The van der Waals surface area contributed by atoms with Crippen molar-refractivity contribution >= 4 is 72.4 Å². The Morgan fingerprint density at radius 1 is 1.10 bits per heavy atom. The van der Waals surface area contributed by atoms with Crippen molar-refractivity contribution in [2.24, 2.45) is 0 Å². The zero-order chi connectivity index (χ0) is 15.7. The lowest BCUT2D eigenvalue weighted by atomic mass is 10.3. The third-order valence-corrected chi connectivity index (χ3v) is 4.37. The van der Waals surface area contributed by atoms with Crippen LogP contribution >= 0.6 is 66.7 Å². The van der Waals surface area contributed by atoms with E-state index in [1.54, 1.807) is 0 Å². The number of nitrogens with zero attached hydrogens (tertiary/aromatic N) is 2. The number of hydrogen-bond acceptors (Lipinski definition) is 4. The van der Waals surface area contributed by atoms with E-state index in [9.17, 15) is 10.1 Å². The minimum Gasteiger partial charge on any atom is -0.435 e. The van der Waals surface area contributed by atoms with Crippen LogP contribution in [0.1, 0.15) is 0 Å². The van der Waals surface area contributed by atoms with E-state index in [-0.39, 0.29) is 32.5 Å². The number of pyridine rings is 1. The first-order valence-electron chi connectivity index (χ1n) is 5.12. The number of nitro groups is 1. The topological polar surface area (TPSA) is 65.3 Å². The molecule has 21 heavy (non-hydrogen) atoms. The highest BCUT2D eigenvalue weighted by molar-refractivity contribution is 9.11. The summed E-state index contributed by atoms with van der Waals surface area (Å²) in [6.45, 7) is 0. The first-order valence-corrected chi connectivity index (χ1v) is 7.84. The molecule has 10 heteroatoms. The summed E-state index contributed by atoms with van der Waals surface area (Å²) in [4.78, 5) is 14.2. The molecule has 0 N–H and O–H groups in total. The van der Waals surface area contributed by atoms with E-state index in [0.29, 0.717) is 8.95 Å². The van der Waals surface area contributed by atoms with Gasteiger partial charge in [0.2, 0.25) is 5.88 Å². The van der Waals surface area contributed by atoms with Crippen molar-refractivity contribution in [3.63, 3.8) is 0 Å². The lowest BCUT2D eigenvalue weighted by Crippen LogP contribution is -1.94. The van der Waals surface area contributed by atoms with E-state index in [4.69, 9.17) is 39.5 Å². The summed E-state index contributed by atoms with van der Waals surface area (Å²) in [5.41, 5.74) is -0.103. The minimum absolute atomic E-state index is 0.0290. The minimum atomic E-state index is -0.524. The van der Waals surface area contributed by atoms with Crippen LogP contribution in [0.2, 0.25) is 15.2 Å². The molecule has 0 radical (unpaired) electrons. The summed E-state index contributed by atoms with van der Waals surface area (Å²) in [5, 5.41) is 11.1. The largest absolute Gasteiger partial charge is 0.435 e. The highest BCUT2D eigenvalue weighted by Crippen LogP contribution is 2.41. The van der Waals surface area contributed by atoms with Crippen molar-refractivity contribution in [1.82, 2.24) is 4.98 Å². The molecule has 0 fully saturated rings. The Morgan fingerprint density at radius 3 is 2.19 bits per heavy atom. The molecule has 1 aromatic heterocycles. The molecule has 0 amide bonds. The van der Waals surface area contributed by atoms with Gasteiger partial charge in [-0.1, -0.05) is 34.8 Å². The maximum Gasteiger partial charge on any atom is 0.271 e. The molecule has 2 rings (SSSR count). The van der Waals surface area contributed by atoms with Gasteiger partial charge in [-0.2, -0.15) is 4.98 Å². The average molecular weight is 477 g/mol. The SMILES string of the molecule is O=[N+]([O-])c1cc(Br)c(Oc2nc(Cl)c(Cl)cc2Cl)c(Br)c1. The van der Waals surface area contributed by atoms with Crippen LogP contribution in [0, 0.1) is 10.1 Å². The van der Waals surface area contributed by atoms with E-state index >= 15 is 0 Å². The van der Waals surface area contributed by atoms with Crippen molar-refractivity contribution in [2.75, 3.05) is 0 Å². The predicted octanol–water partition coefficient (Wildman–Crippen LogP) is 6.27. The lowest BCUT2D eigenvalue weighted by Gasteiger charge is -2.11. The van der Waals surface area contributed by atoms with Crippen molar-refractivity contribution < 1.29 is 9.66 Å². The molecule has 5 nitrogen and oxygen atoms in total. The van der Waals surface area contributed by atoms with Crippen molar-refractivity contribution in [1.29, 1.82) is 0 Å². The quantitative estimate of drug-likeness (QED) is 0.297. The molecule has 1 heterocycles. The fourth-order valence-corrected chi connectivity index (χ4v) is 3.20. The van der Waals surface area contributed by atoms with Gasteiger partial charge in [0.25, 0.3) is 5.69 Å². The lowest BCUT2D eigenvalue weighted by molar-refractivity contribution is -0.385. The second-order valence-electron chi connectivity index (χ2n) is 3.65. The maximum absolute atomic E-state index is 10.8. The molecule has 0 spiro atoms. The molecule has 0 aliphatic rings. The average Bonchev–Trinajstić information content (AvgIpc) is 2.39. The van der Waals surface area contributed by atoms with Gasteiger partial charge in [0, 0.05) is 12.1 Å². The predicted molar refractivity (Wildman–Crippen MR) is 87.8 cm³/mol.